The molecule has 2 rings (SSSR count). The van der Waals surface area contributed by atoms with Gasteiger partial charge in [0.1, 0.15) is 11.6 Å². The Morgan fingerprint density at radius 3 is 2.22 bits per heavy atom. The van der Waals surface area contributed by atoms with Crippen LogP contribution in [-0.4, -0.2) is 4.57 Å². The molecule has 1 heterocycles. The summed E-state index contributed by atoms with van der Waals surface area (Å²) in [5.74, 6) is 0. The van der Waals surface area contributed by atoms with Crippen molar-refractivity contribution in [2.24, 2.45) is 0 Å². The summed E-state index contributed by atoms with van der Waals surface area (Å²) < 4.78 is 1.61. The van der Waals surface area contributed by atoms with Gasteiger partial charge in [0.15, 0.2) is 0 Å². The predicted octanol–water partition coefficient (Wildman–Crippen LogP) is 2.63. The fourth-order valence-electron chi connectivity index (χ4n) is 2.15. The number of benzene rings is 1. The maximum absolute atomic E-state index is 12.3. The number of rotatable bonds is 1. The number of pyridine rings is 1. The Kier molecular flexibility index (Phi) is 3.03. The van der Waals surface area contributed by atoms with E-state index in [-0.39, 0.29) is 11.1 Å². The van der Waals surface area contributed by atoms with Crippen LogP contribution >= 0.6 is 0 Å². The van der Waals surface area contributed by atoms with Crippen molar-refractivity contribution < 1.29 is 0 Å². The third kappa shape index (κ3) is 1.82. The van der Waals surface area contributed by atoms with Crippen molar-refractivity contribution in [1.29, 1.82) is 5.26 Å². The van der Waals surface area contributed by atoms with Gasteiger partial charge in [0.05, 0.1) is 5.69 Å². The molecule has 0 amide bonds. The molecule has 1 aromatic carbocycles. The molecule has 0 spiro atoms. The topological polar surface area (TPSA) is 45.8 Å². The van der Waals surface area contributed by atoms with Crippen molar-refractivity contribution in [3.05, 3.63) is 63.1 Å². The quantitative estimate of drug-likeness (QED) is 0.766. The summed E-state index contributed by atoms with van der Waals surface area (Å²) in [5, 5.41) is 8.96. The molecule has 0 saturated heterocycles. The average Bonchev–Trinajstić information content (AvgIpc) is 2.33. The van der Waals surface area contributed by atoms with Crippen LogP contribution < -0.4 is 5.56 Å². The minimum atomic E-state index is -0.255. The summed E-state index contributed by atoms with van der Waals surface area (Å²) in [6.45, 7) is 5.80. The third-order valence-electron chi connectivity index (χ3n) is 3.06. The Bertz CT molecular complexity index is 685. The van der Waals surface area contributed by atoms with E-state index in [1.165, 1.54) is 0 Å². The number of hydrogen-bond acceptors (Lipinski definition) is 2. The van der Waals surface area contributed by atoms with Crippen LogP contribution in [0.1, 0.15) is 22.4 Å². The summed E-state index contributed by atoms with van der Waals surface area (Å²) in [5.41, 5.74) is 3.66. The highest BCUT2D eigenvalue weighted by molar-refractivity contribution is 5.49. The van der Waals surface area contributed by atoms with Gasteiger partial charge in [-0.3, -0.25) is 9.36 Å². The number of para-hydroxylation sites is 1. The minimum Gasteiger partial charge on any atom is -0.280 e. The molecule has 0 unspecified atom stereocenters. The first-order valence-electron chi connectivity index (χ1n) is 5.75. The van der Waals surface area contributed by atoms with Gasteiger partial charge in [-0.25, -0.2) is 0 Å². The second kappa shape index (κ2) is 4.50. The van der Waals surface area contributed by atoms with E-state index in [1.807, 2.05) is 45.0 Å². The van der Waals surface area contributed by atoms with Gasteiger partial charge >= 0.3 is 0 Å². The van der Waals surface area contributed by atoms with Crippen molar-refractivity contribution in [2.75, 3.05) is 0 Å². The van der Waals surface area contributed by atoms with E-state index in [9.17, 15) is 4.79 Å². The van der Waals surface area contributed by atoms with Crippen LogP contribution in [0.4, 0.5) is 0 Å². The Balaban J connectivity index is 2.89. The maximum atomic E-state index is 12.3. The highest BCUT2D eigenvalue weighted by Crippen LogP contribution is 2.18. The second-order valence-corrected chi connectivity index (χ2v) is 4.38. The van der Waals surface area contributed by atoms with Gasteiger partial charge in [-0.2, -0.15) is 5.26 Å². The van der Waals surface area contributed by atoms with Gasteiger partial charge in [0, 0.05) is 5.69 Å². The maximum Gasteiger partial charge on any atom is 0.273 e. The highest BCUT2D eigenvalue weighted by Gasteiger charge is 2.11. The molecule has 0 aliphatic carbocycles. The van der Waals surface area contributed by atoms with Crippen molar-refractivity contribution >= 4 is 0 Å². The summed E-state index contributed by atoms with van der Waals surface area (Å²) in [6, 6.07) is 11.2. The fourth-order valence-corrected chi connectivity index (χ4v) is 2.15. The van der Waals surface area contributed by atoms with Gasteiger partial charge in [-0.15, -0.1) is 0 Å². The molecule has 3 nitrogen and oxygen atoms in total. The molecule has 0 radical (unpaired) electrons. The average molecular weight is 238 g/mol. The zero-order chi connectivity index (χ0) is 13.3. The third-order valence-corrected chi connectivity index (χ3v) is 3.06. The summed E-state index contributed by atoms with van der Waals surface area (Å²) in [4.78, 5) is 12.3. The number of aromatic nitrogens is 1. The lowest BCUT2D eigenvalue weighted by atomic mass is 10.1. The van der Waals surface area contributed by atoms with Crippen LogP contribution in [0, 0.1) is 32.1 Å². The van der Waals surface area contributed by atoms with E-state index in [1.54, 1.807) is 16.7 Å². The molecule has 0 bridgehead atoms. The van der Waals surface area contributed by atoms with Crippen LogP contribution in [0.25, 0.3) is 5.69 Å². The monoisotopic (exact) mass is 238 g/mol. The van der Waals surface area contributed by atoms with Crippen LogP contribution in [0.2, 0.25) is 0 Å². The van der Waals surface area contributed by atoms with Crippen molar-refractivity contribution in [3.63, 3.8) is 0 Å². The largest absolute Gasteiger partial charge is 0.280 e. The molecule has 3 heteroatoms. The Labute approximate surface area is 106 Å². The van der Waals surface area contributed by atoms with Crippen LogP contribution in [0.15, 0.2) is 35.1 Å². The van der Waals surface area contributed by atoms with Crippen LogP contribution in [0.5, 0.6) is 0 Å². The summed E-state index contributed by atoms with van der Waals surface area (Å²) >= 11 is 0. The van der Waals surface area contributed by atoms with Gasteiger partial charge in [-0.1, -0.05) is 18.2 Å². The predicted molar refractivity (Wildman–Crippen MR) is 71.0 cm³/mol. The van der Waals surface area contributed by atoms with E-state index in [0.717, 1.165) is 22.5 Å². The van der Waals surface area contributed by atoms with E-state index >= 15 is 0 Å². The lowest BCUT2D eigenvalue weighted by Gasteiger charge is -2.15. The van der Waals surface area contributed by atoms with Gasteiger partial charge < -0.3 is 0 Å². The first-order valence-corrected chi connectivity index (χ1v) is 5.75. The molecular formula is C15H14N2O. The smallest absolute Gasteiger partial charge is 0.273 e. The molecule has 18 heavy (non-hydrogen) atoms. The first-order chi connectivity index (χ1) is 8.56. The van der Waals surface area contributed by atoms with Gasteiger partial charge in [0.2, 0.25) is 0 Å². The SMILES string of the molecule is Cc1cccc(C)c1-n1c(C)ccc(C#N)c1=O. The van der Waals surface area contributed by atoms with Crippen molar-refractivity contribution in [1.82, 2.24) is 4.57 Å². The molecule has 0 saturated carbocycles. The second-order valence-electron chi connectivity index (χ2n) is 4.38. The van der Waals surface area contributed by atoms with Crippen LogP contribution in [-0.2, 0) is 0 Å². The normalized spacial score (nSPS) is 10.1. The van der Waals surface area contributed by atoms with E-state index in [2.05, 4.69) is 0 Å². The Morgan fingerprint density at radius 1 is 1.06 bits per heavy atom. The van der Waals surface area contributed by atoms with Gasteiger partial charge in [-0.05, 0) is 44.0 Å². The molecule has 0 atom stereocenters. The molecule has 2 aromatic rings. The number of nitriles is 1. The lowest BCUT2D eigenvalue weighted by Crippen LogP contribution is -2.24. The van der Waals surface area contributed by atoms with E-state index in [0.29, 0.717) is 0 Å². The van der Waals surface area contributed by atoms with Crippen LogP contribution in [0.3, 0.4) is 0 Å². The first kappa shape index (κ1) is 12.1. The molecular weight excluding hydrogens is 224 g/mol. The lowest BCUT2D eigenvalue weighted by molar-refractivity contribution is 0.910. The molecule has 1 aromatic heterocycles. The zero-order valence-corrected chi connectivity index (χ0v) is 10.7. The van der Waals surface area contributed by atoms with Gasteiger partial charge in [0.25, 0.3) is 5.56 Å². The number of aryl methyl sites for hydroxylation is 3. The highest BCUT2D eigenvalue weighted by atomic mass is 16.1. The van der Waals surface area contributed by atoms with Crippen molar-refractivity contribution in [2.45, 2.75) is 20.8 Å². The standard InChI is InChI=1S/C15H14N2O/c1-10-5-4-6-11(2)14(10)17-12(3)7-8-13(9-16)15(17)18/h4-8H,1-3H3. The summed E-state index contributed by atoms with van der Waals surface area (Å²) in [7, 11) is 0. The van der Waals surface area contributed by atoms with E-state index < -0.39 is 0 Å². The molecule has 0 aliphatic rings. The molecule has 0 aliphatic heterocycles. The minimum absolute atomic E-state index is 0.170. The molecule has 0 fully saturated rings. The fraction of sp³-hybridized carbons (Fsp3) is 0.200. The number of nitrogens with zero attached hydrogens (tertiary/aromatic N) is 2. The summed E-state index contributed by atoms with van der Waals surface area (Å²) in [6.07, 6.45) is 0. The number of hydrogen-bond donors (Lipinski definition) is 0. The van der Waals surface area contributed by atoms with Crippen molar-refractivity contribution in [3.8, 4) is 11.8 Å². The Morgan fingerprint density at radius 2 is 1.67 bits per heavy atom. The molecule has 0 N–H and O–H groups in total. The van der Waals surface area contributed by atoms with E-state index in [4.69, 9.17) is 5.26 Å². The Hall–Kier alpha value is -2.34. The molecule has 90 valence electrons. The zero-order valence-electron chi connectivity index (χ0n) is 10.7.